The van der Waals surface area contributed by atoms with Gasteiger partial charge in [-0.05, 0) is 24.1 Å². The molecule has 3 aromatic rings. The number of anilines is 1. The van der Waals surface area contributed by atoms with Gasteiger partial charge in [-0.2, -0.15) is 18.3 Å². The SMILES string of the molecule is CC(C)c1nn(CC(=O)Nc2ccc(=O)n(C)c2)c(=O)c2ccc(C(F)(F)F)nc12. The van der Waals surface area contributed by atoms with Crippen LogP contribution in [0.1, 0.15) is 31.2 Å². The summed E-state index contributed by atoms with van der Waals surface area (Å²) in [7, 11) is 1.52. The van der Waals surface area contributed by atoms with Crippen molar-refractivity contribution < 1.29 is 18.0 Å². The van der Waals surface area contributed by atoms with Crippen LogP contribution in [-0.2, 0) is 24.6 Å². The first kappa shape index (κ1) is 21.2. The topological polar surface area (TPSA) is 98.9 Å². The molecule has 0 aromatic carbocycles. The van der Waals surface area contributed by atoms with Crippen LogP contribution in [0.5, 0.6) is 0 Å². The van der Waals surface area contributed by atoms with Crippen molar-refractivity contribution in [3.05, 3.63) is 62.6 Å². The Morgan fingerprint density at radius 2 is 1.87 bits per heavy atom. The molecule has 0 saturated carbocycles. The maximum Gasteiger partial charge on any atom is 0.433 e. The Morgan fingerprint density at radius 3 is 2.47 bits per heavy atom. The highest BCUT2D eigenvalue weighted by Gasteiger charge is 2.33. The van der Waals surface area contributed by atoms with Crippen LogP contribution in [0.4, 0.5) is 18.9 Å². The van der Waals surface area contributed by atoms with Gasteiger partial charge in [-0.25, -0.2) is 9.67 Å². The van der Waals surface area contributed by atoms with Gasteiger partial charge in [0, 0.05) is 19.3 Å². The molecule has 0 atom stereocenters. The van der Waals surface area contributed by atoms with Crippen LogP contribution in [0.25, 0.3) is 10.9 Å². The van der Waals surface area contributed by atoms with E-state index in [1.54, 1.807) is 13.8 Å². The van der Waals surface area contributed by atoms with Gasteiger partial charge < -0.3 is 9.88 Å². The first-order valence-electron chi connectivity index (χ1n) is 8.93. The second-order valence-electron chi connectivity index (χ2n) is 7.01. The van der Waals surface area contributed by atoms with Crippen LogP contribution >= 0.6 is 0 Å². The maximum atomic E-state index is 13.0. The summed E-state index contributed by atoms with van der Waals surface area (Å²) < 4.78 is 41.2. The third-order valence-electron chi connectivity index (χ3n) is 4.33. The highest BCUT2D eigenvalue weighted by Crippen LogP contribution is 2.29. The van der Waals surface area contributed by atoms with Gasteiger partial charge >= 0.3 is 6.18 Å². The molecule has 11 heteroatoms. The number of nitrogens with one attached hydrogen (secondary N) is 1. The number of hydrogen-bond acceptors (Lipinski definition) is 5. The van der Waals surface area contributed by atoms with Crippen molar-refractivity contribution in [2.75, 3.05) is 5.32 Å². The zero-order valence-electron chi connectivity index (χ0n) is 16.3. The van der Waals surface area contributed by atoms with E-state index >= 15 is 0 Å². The second-order valence-corrected chi connectivity index (χ2v) is 7.01. The number of halogens is 3. The molecule has 0 bridgehead atoms. The van der Waals surface area contributed by atoms with E-state index in [0.29, 0.717) is 5.69 Å². The minimum atomic E-state index is -4.66. The van der Waals surface area contributed by atoms with Crippen molar-refractivity contribution in [3.63, 3.8) is 0 Å². The van der Waals surface area contributed by atoms with Crippen LogP contribution in [0.2, 0.25) is 0 Å². The zero-order chi connectivity index (χ0) is 22.2. The maximum absolute atomic E-state index is 13.0. The minimum Gasteiger partial charge on any atom is -0.323 e. The lowest BCUT2D eigenvalue weighted by Gasteiger charge is -2.14. The van der Waals surface area contributed by atoms with E-state index in [4.69, 9.17) is 0 Å². The fraction of sp³-hybridized carbons (Fsp3) is 0.316. The van der Waals surface area contributed by atoms with Crippen LogP contribution in [0.15, 0.2) is 40.1 Å². The Labute approximate surface area is 168 Å². The Morgan fingerprint density at radius 1 is 1.17 bits per heavy atom. The summed E-state index contributed by atoms with van der Waals surface area (Å²) in [5, 5.41) is 6.58. The number of hydrogen-bond donors (Lipinski definition) is 1. The number of fused-ring (bicyclic) bond motifs is 1. The summed E-state index contributed by atoms with van der Waals surface area (Å²) in [6.45, 7) is 2.94. The van der Waals surface area contributed by atoms with Gasteiger partial charge in [-0.1, -0.05) is 13.8 Å². The van der Waals surface area contributed by atoms with Crippen molar-refractivity contribution in [2.45, 2.75) is 32.5 Å². The molecule has 30 heavy (non-hydrogen) atoms. The molecule has 158 valence electrons. The van der Waals surface area contributed by atoms with Crippen molar-refractivity contribution in [3.8, 4) is 0 Å². The van der Waals surface area contributed by atoms with Gasteiger partial charge in [0.15, 0.2) is 0 Å². The third-order valence-corrected chi connectivity index (χ3v) is 4.33. The highest BCUT2D eigenvalue weighted by molar-refractivity contribution is 5.90. The molecule has 0 radical (unpaired) electrons. The molecule has 0 saturated heterocycles. The van der Waals surface area contributed by atoms with Crippen LogP contribution < -0.4 is 16.4 Å². The standard InChI is InChI=1S/C19H18F3N5O3/c1-10(2)16-17-12(5-6-13(24-17)19(20,21)22)18(30)27(25-16)9-14(28)23-11-4-7-15(29)26(3)8-11/h4-8,10H,9H2,1-3H3,(H,23,28). The molecular formula is C19H18F3N5O3. The lowest BCUT2D eigenvalue weighted by Crippen LogP contribution is -2.31. The summed E-state index contributed by atoms with van der Waals surface area (Å²) >= 11 is 0. The van der Waals surface area contributed by atoms with Gasteiger partial charge in [0.05, 0.1) is 16.8 Å². The van der Waals surface area contributed by atoms with Crippen molar-refractivity contribution in [2.24, 2.45) is 7.05 Å². The largest absolute Gasteiger partial charge is 0.433 e. The first-order valence-corrected chi connectivity index (χ1v) is 8.93. The average Bonchev–Trinajstić information content (AvgIpc) is 2.65. The van der Waals surface area contributed by atoms with Gasteiger partial charge in [0.2, 0.25) is 11.5 Å². The highest BCUT2D eigenvalue weighted by atomic mass is 19.4. The molecule has 1 amide bonds. The summed E-state index contributed by atoms with van der Waals surface area (Å²) in [4.78, 5) is 40.1. The fourth-order valence-corrected chi connectivity index (χ4v) is 2.85. The van der Waals surface area contributed by atoms with Crippen molar-refractivity contribution in [1.29, 1.82) is 0 Å². The van der Waals surface area contributed by atoms with Gasteiger partial charge in [0.1, 0.15) is 17.8 Å². The molecule has 0 aliphatic heterocycles. The van der Waals surface area contributed by atoms with E-state index in [9.17, 15) is 27.6 Å². The second kappa shape index (κ2) is 7.73. The molecule has 1 N–H and O–H groups in total. The van der Waals surface area contributed by atoms with Crippen molar-refractivity contribution >= 4 is 22.5 Å². The number of carbonyl (C=O) groups is 1. The molecular weight excluding hydrogens is 403 g/mol. The number of amides is 1. The van der Waals surface area contributed by atoms with E-state index in [1.807, 2.05) is 0 Å². The van der Waals surface area contributed by atoms with E-state index in [1.165, 1.54) is 29.9 Å². The average molecular weight is 421 g/mol. The number of aromatic nitrogens is 4. The summed E-state index contributed by atoms with van der Waals surface area (Å²) in [6.07, 6.45) is -3.24. The third kappa shape index (κ3) is 4.24. The fourth-order valence-electron chi connectivity index (χ4n) is 2.85. The Balaban J connectivity index is 2.00. The number of carbonyl (C=O) groups excluding carboxylic acids is 1. The molecule has 8 nitrogen and oxygen atoms in total. The minimum absolute atomic E-state index is 0.0587. The first-order chi connectivity index (χ1) is 14.0. The molecule has 0 fully saturated rings. The Bertz CT molecular complexity index is 1240. The summed E-state index contributed by atoms with van der Waals surface area (Å²) in [5.41, 5.74) is -1.73. The number of pyridine rings is 2. The number of aryl methyl sites for hydroxylation is 1. The predicted molar refractivity (Wildman–Crippen MR) is 103 cm³/mol. The van der Waals surface area contributed by atoms with E-state index < -0.39 is 29.9 Å². The van der Waals surface area contributed by atoms with Crippen LogP contribution in [-0.4, -0.2) is 25.2 Å². The monoisotopic (exact) mass is 421 g/mol. The van der Waals surface area contributed by atoms with E-state index in [-0.39, 0.29) is 28.1 Å². The van der Waals surface area contributed by atoms with E-state index in [0.717, 1.165) is 16.8 Å². The number of rotatable bonds is 4. The lowest BCUT2D eigenvalue weighted by atomic mass is 10.1. The van der Waals surface area contributed by atoms with Crippen LogP contribution in [0.3, 0.4) is 0 Å². The Kier molecular flexibility index (Phi) is 5.47. The van der Waals surface area contributed by atoms with Crippen molar-refractivity contribution in [1.82, 2.24) is 19.3 Å². The molecule has 3 rings (SSSR count). The molecule has 0 spiro atoms. The van der Waals surface area contributed by atoms with Gasteiger partial charge in [-0.3, -0.25) is 14.4 Å². The smallest absolute Gasteiger partial charge is 0.323 e. The summed E-state index contributed by atoms with van der Waals surface area (Å²) in [5.74, 6) is -0.931. The quantitative estimate of drug-likeness (QED) is 0.697. The molecule has 3 heterocycles. The van der Waals surface area contributed by atoms with Crippen LogP contribution in [0, 0.1) is 0 Å². The number of nitrogens with zero attached hydrogens (tertiary/aromatic N) is 4. The molecule has 0 aliphatic rings. The normalized spacial score (nSPS) is 11.8. The molecule has 3 aromatic heterocycles. The number of alkyl halides is 3. The Hall–Kier alpha value is -3.50. The molecule has 0 unspecified atom stereocenters. The van der Waals surface area contributed by atoms with Gasteiger partial charge in [-0.15, -0.1) is 0 Å². The zero-order valence-corrected chi connectivity index (χ0v) is 16.3. The lowest BCUT2D eigenvalue weighted by molar-refractivity contribution is -0.141. The van der Waals surface area contributed by atoms with Gasteiger partial charge in [0.25, 0.3) is 5.56 Å². The molecule has 0 aliphatic carbocycles. The predicted octanol–water partition coefficient (Wildman–Crippen LogP) is 2.27. The van der Waals surface area contributed by atoms with E-state index in [2.05, 4.69) is 15.4 Å². The summed E-state index contributed by atoms with van der Waals surface area (Å²) in [6, 6.07) is 4.46.